The Morgan fingerprint density at radius 1 is 1.06 bits per heavy atom. The van der Waals surface area contributed by atoms with E-state index in [0.29, 0.717) is 17.7 Å². The summed E-state index contributed by atoms with van der Waals surface area (Å²) in [4.78, 5) is 41.8. The Bertz CT molecular complexity index is 1100. The van der Waals surface area contributed by atoms with E-state index >= 15 is 0 Å². The maximum absolute atomic E-state index is 13.7. The van der Waals surface area contributed by atoms with Crippen molar-refractivity contribution < 1.29 is 19.5 Å². The first kappa shape index (κ1) is 20.8. The van der Waals surface area contributed by atoms with Crippen molar-refractivity contribution in [1.29, 1.82) is 0 Å². The normalized spacial score (nSPS) is 29.4. The zero-order chi connectivity index (χ0) is 22.6. The van der Waals surface area contributed by atoms with Crippen LogP contribution < -0.4 is 10.6 Å². The predicted octanol–water partition coefficient (Wildman–Crippen LogP) is 1.59. The topological polar surface area (TPSA) is 98.7 Å². The minimum absolute atomic E-state index is 0.251. The molecule has 3 N–H and O–H groups in total. The molecule has 2 aromatic carbocycles. The number of likely N-dealkylation sites (tertiary alicyclic amines) is 1. The van der Waals surface area contributed by atoms with Crippen LogP contribution in [-0.2, 0) is 32.8 Å². The fraction of sp³-hybridized carbons (Fsp3) is 0.400. The van der Waals surface area contributed by atoms with Crippen LogP contribution in [0, 0.1) is 11.8 Å². The van der Waals surface area contributed by atoms with Crippen molar-refractivity contribution in [2.24, 2.45) is 11.8 Å². The van der Waals surface area contributed by atoms with E-state index in [1.165, 1.54) is 4.90 Å². The molecule has 2 fully saturated rings. The number of aliphatic hydroxyl groups is 1. The molecule has 7 heteroatoms. The van der Waals surface area contributed by atoms with Crippen molar-refractivity contribution >= 4 is 23.4 Å². The van der Waals surface area contributed by atoms with Gasteiger partial charge in [0.15, 0.2) is 0 Å². The van der Waals surface area contributed by atoms with Gasteiger partial charge in [-0.15, -0.1) is 0 Å². The Morgan fingerprint density at radius 3 is 2.50 bits per heavy atom. The third-order valence-electron chi connectivity index (χ3n) is 7.20. The number of carbonyl (C=O) groups is 3. The van der Waals surface area contributed by atoms with Crippen LogP contribution in [-0.4, -0.2) is 46.4 Å². The molecule has 0 radical (unpaired) electrons. The fourth-order valence-corrected chi connectivity index (χ4v) is 5.58. The SMILES string of the molecule is CCc1ccc2c(c1)[C@]1(N[C@H]([C@H](C)O)[C@H]3C(=O)N(CCc4ccccc4)C(=O)[C@H]31)C(=O)N2. The van der Waals surface area contributed by atoms with Crippen LogP contribution in [0.15, 0.2) is 48.5 Å². The molecule has 2 aromatic rings. The number of nitrogens with one attached hydrogen (secondary N) is 2. The van der Waals surface area contributed by atoms with Crippen molar-refractivity contribution in [2.75, 3.05) is 11.9 Å². The van der Waals surface area contributed by atoms with Gasteiger partial charge in [0.2, 0.25) is 17.7 Å². The zero-order valence-electron chi connectivity index (χ0n) is 18.2. The van der Waals surface area contributed by atoms with Crippen molar-refractivity contribution in [1.82, 2.24) is 10.2 Å². The quantitative estimate of drug-likeness (QED) is 0.622. The van der Waals surface area contributed by atoms with Gasteiger partial charge in [-0.05, 0) is 37.0 Å². The van der Waals surface area contributed by atoms with E-state index in [-0.39, 0.29) is 24.3 Å². The van der Waals surface area contributed by atoms with E-state index in [2.05, 4.69) is 10.6 Å². The summed E-state index contributed by atoms with van der Waals surface area (Å²) in [5.74, 6) is -2.69. The number of hydrogen-bond donors (Lipinski definition) is 3. The summed E-state index contributed by atoms with van der Waals surface area (Å²) in [5.41, 5.74) is 2.04. The van der Waals surface area contributed by atoms with Gasteiger partial charge >= 0.3 is 0 Å². The van der Waals surface area contributed by atoms with Gasteiger partial charge in [-0.25, -0.2) is 0 Å². The van der Waals surface area contributed by atoms with Crippen LogP contribution in [0.2, 0.25) is 0 Å². The number of aliphatic hydroxyl groups excluding tert-OH is 1. The molecule has 0 aliphatic carbocycles. The summed E-state index contributed by atoms with van der Waals surface area (Å²) < 4.78 is 0. The molecule has 0 bridgehead atoms. The third kappa shape index (κ3) is 2.84. The first-order valence-electron chi connectivity index (χ1n) is 11.2. The first-order chi connectivity index (χ1) is 15.4. The van der Waals surface area contributed by atoms with E-state index < -0.39 is 29.5 Å². The molecule has 0 unspecified atom stereocenters. The van der Waals surface area contributed by atoms with Crippen molar-refractivity contribution in [3.8, 4) is 0 Å². The number of hydrogen-bond acceptors (Lipinski definition) is 5. The second-order valence-electron chi connectivity index (χ2n) is 8.97. The molecular formula is C25H27N3O4. The maximum Gasteiger partial charge on any atom is 0.250 e. The van der Waals surface area contributed by atoms with Gasteiger partial charge in [0.1, 0.15) is 5.54 Å². The van der Waals surface area contributed by atoms with Gasteiger partial charge in [0, 0.05) is 23.8 Å². The predicted molar refractivity (Wildman–Crippen MR) is 119 cm³/mol. The average molecular weight is 434 g/mol. The molecule has 7 nitrogen and oxygen atoms in total. The fourth-order valence-electron chi connectivity index (χ4n) is 5.58. The molecule has 32 heavy (non-hydrogen) atoms. The highest BCUT2D eigenvalue weighted by molar-refractivity contribution is 6.15. The molecule has 2 saturated heterocycles. The lowest BCUT2D eigenvalue weighted by Gasteiger charge is -2.30. The van der Waals surface area contributed by atoms with E-state index in [4.69, 9.17) is 0 Å². The number of anilines is 1. The van der Waals surface area contributed by atoms with Gasteiger partial charge in [-0.1, -0.05) is 49.4 Å². The van der Waals surface area contributed by atoms with Crippen LogP contribution in [0.25, 0.3) is 0 Å². The van der Waals surface area contributed by atoms with Crippen molar-refractivity contribution in [2.45, 2.75) is 44.4 Å². The summed E-state index contributed by atoms with van der Waals surface area (Å²) in [6.07, 6.45) is 0.417. The summed E-state index contributed by atoms with van der Waals surface area (Å²) in [7, 11) is 0. The van der Waals surface area contributed by atoms with Crippen LogP contribution >= 0.6 is 0 Å². The Kier molecular flexibility index (Phi) is 4.91. The molecule has 5 rings (SSSR count). The van der Waals surface area contributed by atoms with Gasteiger partial charge < -0.3 is 10.4 Å². The number of aryl methyl sites for hydroxylation is 1. The largest absolute Gasteiger partial charge is 0.392 e. The minimum Gasteiger partial charge on any atom is -0.392 e. The number of imide groups is 1. The Labute approximate surface area is 186 Å². The van der Waals surface area contributed by atoms with Crippen LogP contribution in [0.4, 0.5) is 5.69 Å². The molecule has 3 aliphatic heterocycles. The lowest BCUT2D eigenvalue weighted by Crippen LogP contribution is -2.55. The molecule has 1 spiro atoms. The summed E-state index contributed by atoms with van der Waals surface area (Å²) in [5, 5.41) is 16.6. The van der Waals surface area contributed by atoms with Crippen LogP contribution in [0.1, 0.15) is 30.5 Å². The van der Waals surface area contributed by atoms with Crippen LogP contribution in [0.3, 0.4) is 0 Å². The highest BCUT2D eigenvalue weighted by Crippen LogP contribution is 2.53. The summed E-state index contributed by atoms with van der Waals surface area (Å²) >= 11 is 0. The number of carbonyl (C=O) groups excluding carboxylic acids is 3. The highest BCUT2D eigenvalue weighted by Gasteiger charge is 2.71. The van der Waals surface area contributed by atoms with Crippen LogP contribution in [0.5, 0.6) is 0 Å². The molecule has 3 aliphatic rings. The minimum atomic E-state index is -1.36. The zero-order valence-corrected chi connectivity index (χ0v) is 18.2. The maximum atomic E-state index is 13.7. The number of fused-ring (bicyclic) bond motifs is 4. The third-order valence-corrected chi connectivity index (χ3v) is 7.20. The molecule has 0 saturated carbocycles. The second-order valence-corrected chi connectivity index (χ2v) is 8.97. The molecular weight excluding hydrogens is 406 g/mol. The monoisotopic (exact) mass is 433 g/mol. The molecule has 166 valence electrons. The van der Waals surface area contributed by atoms with Crippen molar-refractivity contribution in [3.05, 3.63) is 65.2 Å². The number of amides is 3. The van der Waals surface area contributed by atoms with Gasteiger partial charge in [-0.2, -0.15) is 0 Å². The van der Waals surface area contributed by atoms with E-state index in [0.717, 1.165) is 17.5 Å². The van der Waals surface area contributed by atoms with Gasteiger partial charge in [-0.3, -0.25) is 24.6 Å². The first-order valence-corrected chi connectivity index (χ1v) is 11.2. The number of benzene rings is 2. The van der Waals surface area contributed by atoms with Gasteiger partial charge in [0.25, 0.3) is 0 Å². The number of nitrogens with zero attached hydrogens (tertiary/aromatic N) is 1. The molecule has 3 heterocycles. The molecule has 0 aromatic heterocycles. The van der Waals surface area contributed by atoms with E-state index in [1.54, 1.807) is 6.92 Å². The lowest BCUT2D eigenvalue weighted by molar-refractivity contribution is -0.143. The Hall–Kier alpha value is -3.03. The van der Waals surface area contributed by atoms with E-state index in [1.807, 2.05) is 55.5 Å². The Morgan fingerprint density at radius 2 is 1.81 bits per heavy atom. The van der Waals surface area contributed by atoms with Gasteiger partial charge in [0.05, 0.1) is 17.9 Å². The number of rotatable bonds is 5. The van der Waals surface area contributed by atoms with E-state index in [9.17, 15) is 19.5 Å². The smallest absolute Gasteiger partial charge is 0.250 e. The molecule has 3 amide bonds. The molecule has 5 atom stereocenters. The van der Waals surface area contributed by atoms with Crippen molar-refractivity contribution in [3.63, 3.8) is 0 Å². The second kappa shape index (κ2) is 7.53. The summed E-state index contributed by atoms with van der Waals surface area (Å²) in [6.45, 7) is 3.87. The Balaban J connectivity index is 1.56. The lowest BCUT2D eigenvalue weighted by atomic mass is 9.76. The summed E-state index contributed by atoms with van der Waals surface area (Å²) in [6, 6.07) is 14.7. The standard InChI is InChI=1S/C25H27N3O4/c1-3-15-9-10-18-17(13-15)25(24(32)26-18)20-19(21(27-25)14(2)29)22(30)28(23(20)31)12-11-16-7-5-4-6-8-16/h4-10,13-14,19-21,27,29H,3,11-12H2,1-2H3,(H,26,32)/t14-,19-,20-,21+,25+/m0/s1. The average Bonchev–Trinajstić information content (AvgIpc) is 3.38. The highest BCUT2D eigenvalue weighted by atomic mass is 16.3.